The van der Waals surface area contributed by atoms with Gasteiger partial charge in [0, 0.05) is 29.2 Å². The molecule has 30 heavy (non-hydrogen) atoms. The van der Waals surface area contributed by atoms with Crippen molar-refractivity contribution in [2.75, 3.05) is 0 Å². The number of aromatic hydroxyl groups is 2. The lowest BCUT2D eigenvalue weighted by Crippen LogP contribution is -2.22. The predicted molar refractivity (Wildman–Crippen MR) is 110 cm³/mol. The third-order valence-electron chi connectivity index (χ3n) is 5.28. The molecule has 0 amide bonds. The van der Waals surface area contributed by atoms with Crippen molar-refractivity contribution in [2.45, 2.75) is 12.3 Å². The Balaban J connectivity index is 1.83. The van der Waals surface area contributed by atoms with Gasteiger partial charge in [0.2, 0.25) is 0 Å². The maximum absolute atomic E-state index is 12.9. The summed E-state index contributed by atoms with van der Waals surface area (Å²) in [4.78, 5) is 25.1. The highest BCUT2D eigenvalue weighted by Crippen LogP contribution is 2.46. The number of phenolic OH excluding ortho intramolecular Hbond substituents is 2. The third kappa shape index (κ3) is 2.90. The van der Waals surface area contributed by atoms with Gasteiger partial charge in [-0.15, -0.1) is 0 Å². The zero-order chi connectivity index (χ0) is 20.8. The van der Waals surface area contributed by atoms with Crippen molar-refractivity contribution in [1.29, 1.82) is 0 Å². The van der Waals surface area contributed by atoms with Gasteiger partial charge in [-0.05, 0) is 17.7 Å². The van der Waals surface area contributed by atoms with E-state index in [4.69, 9.17) is 9.15 Å². The molecule has 148 valence electrons. The van der Waals surface area contributed by atoms with E-state index < -0.39 is 17.3 Å². The van der Waals surface area contributed by atoms with Gasteiger partial charge in [-0.3, -0.25) is 9.59 Å². The molecule has 0 spiro atoms. The quantitative estimate of drug-likeness (QED) is 0.384. The summed E-state index contributed by atoms with van der Waals surface area (Å²) in [6.45, 7) is 0. The molecule has 4 aromatic rings. The molecular weight excluding hydrogens is 384 g/mol. The zero-order valence-corrected chi connectivity index (χ0v) is 15.7. The number of fused-ring (bicyclic) bond motifs is 3. The van der Waals surface area contributed by atoms with Crippen LogP contribution in [0.25, 0.3) is 22.3 Å². The Labute approximate surface area is 170 Å². The zero-order valence-electron chi connectivity index (χ0n) is 15.7. The first-order chi connectivity index (χ1) is 14.5. The topological polar surface area (TPSA) is 97.0 Å². The third-order valence-corrected chi connectivity index (χ3v) is 5.28. The minimum Gasteiger partial charge on any atom is -0.508 e. The van der Waals surface area contributed by atoms with E-state index in [-0.39, 0.29) is 34.6 Å². The van der Waals surface area contributed by atoms with Gasteiger partial charge in [0.25, 0.3) is 0 Å². The van der Waals surface area contributed by atoms with Crippen LogP contribution in [-0.4, -0.2) is 16.2 Å². The van der Waals surface area contributed by atoms with Crippen LogP contribution in [0.3, 0.4) is 0 Å². The monoisotopic (exact) mass is 400 g/mol. The van der Waals surface area contributed by atoms with E-state index in [2.05, 4.69) is 0 Å². The normalized spacial score (nSPS) is 15.6. The van der Waals surface area contributed by atoms with E-state index in [1.165, 1.54) is 24.3 Å². The van der Waals surface area contributed by atoms with Crippen LogP contribution < -0.4 is 10.2 Å². The molecule has 6 nitrogen and oxygen atoms in total. The Hall–Kier alpha value is -4.06. The molecule has 1 aliphatic heterocycles. The number of carbonyl (C=O) groups is 1. The van der Waals surface area contributed by atoms with Crippen LogP contribution in [0.15, 0.2) is 75.9 Å². The number of carbonyl (C=O) groups excluding carboxylic acids is 1. The molecule has 2 N–H and O–H groups in total. The summed E-state index contributed by atoms with van der Waals surface area (Å²) in [7, 11) is 0. The summed E-state index contributed by atoms with van der Waals surface area (Å²) in [6, 6.07) is 18.3. The fourth-order valence-electron chi connectivity index (χ4n) is 3.90. The van der Waals surface area contributed by atoms with Gasteiger partial charge in [0.1, 0.15) is 34.0 Å². The first-order valence-corrected chi connectivity index (χ1v) is 9.40. The average Bonchev–Trinajstić information content (AvgIpc) is 2.73. The van der Waals surface area contributed by atoms with Crippen LogP contribution in [0.1, 0.15) is 23.5 Å². The molecule has 2 heterocycles. The molecule has 1 aliphatic rings. The van der Waals surface area contributed by atoms with Crippen molar-refractivity contribution in [3.05, 3.63) is 88.1 Å². The SMILES string of the molecule is O=C1C[C@@H](c2ccc(O)cc2)c2c(cc(O)c3c(=O)cc(-c4ccccc4)oc23)O1. The molecule has 0 aliphatic carbocycles. The number of hydrogen-bond acceptors (Lipinski definition) is 6. The lowest BCUT2D eigenvalue weighted by atomic mass is 9.85. The second-order valence-electron chi connectivity index (χ2n) is 7.17. The molecule has 5 rings (SSSR count). The second kappa shape index (κ2) is 6.77. The molecule has 0 bridgehead atoms. The minimum atomic E-state index is -0.459. The lowest BCUT2D eigenvalue weighted by molar-refractivity contribution is -0.135. The number of phenols is 2. The lowest BCUT2D eigenvalue weighted by Gasteiger charge is -2.26. The molecule has 3 aromatic carbocycles. The Kier molecular flexibility index (Phi) is 4.06. The van der Waals surface area contributed by atoms with Gasteiger partial charge in [-0.25, -0.2) is 0 Å². The average molecular weight is 400 g/mol. The number of benzene rings is 3. The fraction of sp³-hybridized carbons (Fsp3) is 0.0833. The van der Waals surface area contributed by atoms with E-state index in [9.17, 15) is 19.8 Å². The Morgan fingerprint density at radius 1 is 0.900 bits per heavy atom. The molecule has 0 fully saturated rings. The van der Waals surface area contributed by atoms with Crippen molar-refractivity contribution < 1.29 is 24.2 Å². The summed E-state index contributed by atoms with van der Waals surface area (Å²) in [5.74, 6) is -0.618. The number of esters is 1. The van der Waals surface area contributed by atoms with Crippen LogP contribution >= 0.6 is 0 Å². The minimum absolute atomic E-state index is 0.0372. The maximum atomic E-state index is 12.9. The Bertz CT molecular complexity index is 1340. The smallest absolute Gasteiger partial charge is 0.312 e. The first-order valence-electron chi connectivity index (χ1n) is 9.40. The van der Waals surface area contributed by atoms with Crippen molar-refractivity contribution in [3.8, 4) is 28.6 Å². The molecule has 1 atom stereocenters. The standard InChI is InChI=1S/C24H16O6/c25-15-8-6-13(7-9-15)16-10-21(28)29-20-12-18(27)23-17(26)11-19(30-24(23)22(16)20)14-4-2-1-3-5-14/h1-9,11-12,16,25,27H,10H2/t16-/m0/s1. The molecule has 0 saturated carbocycles. The van der Waals surface area contributed by atoms with Crippen LogP contribution in [-0.2, 0) is 4.79 Å². The Morgan fingerprint density at radius 2 is 1.63 bits per heavy atom. The molecule has 0 saturated heterocycles. The molecule has 6 heteroatoms. The van der Waals surface area contributed by atoms with Crippen molar-refractivity contribution >= 4 is 16.9 Å². The highest BCUT2D eigenvalue weighted by atomic mass is 16.5. The summed E-state index contributed by atoms with van der Waals surface area (Å²) < 4.78 is 11.5. The van der Waals surface area contributed by atoms with E-state index in [1.807, 2.05) is 30.3 Å². The summed E-state index contributed by atoms with van der Waals surface area (Å²) in [6.07, 6.45) is 0.0386. The maximum Gasteiger partial charge on any atom is 0.312 e. The van der Waals surface area contributed by atoms with Gasteiger partial charge in [0.15, 0.2) is 5.43 Å². The Morgan fingerprint density at radius 3 is 2.37 bits per heavy atom. The molecule has 0 unspecified atom stereocenters. The predicted octanol–water partition coefficient (Wildman–Crippen LogP) is 4.31. The van der Waals surface area contributed by atoms with Crippen molar-refractivity contribution in [3.63, 3.8) is 0 Å². The van der Waals surface area contributed by atoms with E-state index in [1.54, 1.807) is 12.1 Å². The highest BCUT2D eigenvalue weighted by Gasteiger charge is 2.33. The number of hydrogen-bond donors (Lipinski definition) is 2. The van der Waals surface area contributed by atoms with Crippen LogP contribution in [0.4, 0.5) is 0 Å². The van der Waals surface area contributed by atoms with Crippen molar-refractivity contribution in [2.24, 2.45) is 0 Å². The van der Waals surface area contributed by atoms with Gasteiger partial charge in [-0.2, -0.15) is 0 Å². The van der Waals surface area contributed by atoms with Crippen LogP contribution in [0, 0.1) is 0 Å². The van der Waals surface area contributed by atoms with E-state index >= 15 is 0 Å². The number of ether oxygens (including phenoxy) is 1. The fourth-order valence-corrected chi connectivity index (χ4v) is 3.90. The molecule has 1 aromatic heterocycles. The highest BCUT2D eigenvalue weighted by molar-refractivity contribution is 5.93. The summed E-state index contributed by atoms with van der Waals surface area (Å²) in [5.41, 5.74) is 1.77. The van der Waals surface area contributed by atoms with Gasteiger partial charge >= 0.3 is 5.97 Å². The van der Waals surface area contributed by atoms with Gasteiger partial charge < -0.3 is 19.4 Å². The second-order valence-corrected chi connectivity index (χ2v) is 7.17. The largest absolute Gasteiger partial charge is 0.508 e. The van der Waals surface area contributed by atoms with Crippen LogP contribution in [0.2, 0.25) is 0 Å². The van der Waals surface area contributed by atoms with Gasteiger partial charge in [-0.1, -0.05) is 42.5 Å². The van der Waals surface area contributed by atoms with E-state index in [0.29, 0.717) is 16.9 Å². The molecular formula is C24H16O6. The summed E-state index contributed by atoms with van der Waals surface area (Å²) >= 11 is 0. The first kappa shape index (κ1) is 18.0. The van der Waals surface area contributed by atoms with Gasteiger partial charge in [0.05, 0.1) is 6.42 Å². The molecule has 0 radical (unpaired) electrons. The number of rotatable bonds is 2. The van der Waals surface area contributed by atoms with Crippen molar-refractivity contribution in [1.82, 2.24) is 0 Å². The van der Waals surface area contributed by atoms with Crippen LogP contribution in [0.5, 0.6) is 17.2 Å². The summed E-state index contributed by atoms with van der Waals surface area (Å²) in [5, 5.41) is 20.1. The van der Waals surface area contributed by atoms with E-state index in [0.717, 1.165) is 5.56 Å².